The minimum atomic E-state index is -0.463. The summed E-state index contributed by atoms with van der Waals surface area (Å²) < 4.78 is 16.1. The highest BCUT2D eigenvalue weighted by atomic mass is 33.1. The number of aromatic nitrogens is 1. The summed E-state index contributed by atoms with van der Waals surface area (Å²) >= 11 is 0. The van der Waals surface area contributed by atoms with Gasteiger partial charge in [-0.15, -0.1) is 0 Å². The van der Waals surface area contributed by atoms with Crippen LogP contribution >= 0.6 is 21.6 Å². The Morgan fingerprint density at radius 2 is 1.92 bits per heavy atom. The molecule has 2 N–H and O–H groups in total. The summed E-state index contributed by atoms with van der Waals surface area (Å²) in [5.74, 6) is 1.40. The van der Waals surface area contributed by atoms with Crippen LogP contribution in [0.15, 0.2) is 34.3 Å². The second-order valence-corrected chi connectivity index (χ2v) is 6.74. The van der Waals surface area contributed by atoms with Crippen molar-refractivity contribution in [2.45, 2.75) is 16.5 Å². The van der Waals surface area contributed by atoms with Crippen LogP contribution in [0, 0.1) is 10.1 Å². The van der Waals surface area contributed by atoms with Crippen LogP contribution < -0.4 is 19.9 Å². The summed E-state index contributed by atoms with van der Waals surface area (Å²) in [6.07, 6.45) is 1.51. The number of rotatable bonds is 8. The van der Waals surface area contributed by atoms with Crippen molar-refractivity contribution in [2.75, 3.05) is 21.3 Å². The summed E-state index contributed by atoms with van der Waals surface area (Å²) in [6, 6.07) is 4.70. The van der Waals surface area contributed by atoms with Crippen molar-refractivity contribution in [2.24, 2.45) is 5.73 Å². The van der Waals surface area contributed by atoms with Gasteiger partial charge in [0.25, 0.3) is 0 Å². The van der Waals surface area contributed by atoms with Crippen LogP contribution in [0.1, 0.15) is 5.56 Å². The highest BCUT2D eigenvalue weighted by Gasteiger charge is 2.22. The standard InChI is InChI=1S/C15H17N3O5S2/c1-21-11-7-12(9(8-16)13(22-2)14(11)23-3)24-25-15-10(18(19)20)5-4-6-17-15/h4-7H,8,16H2,1-3H3. The van der Waals surface area contributed by atoms with Crippen LogP contribution in [0.25, 0.3) is 0 Å². The summed E-state index contributed by atoms with van der Waals surface area (Å²) in [5, 5.41) is 11.4. The predicted octanol–water partition coefficient (Wildman–Crippen LogP) is 3.27. The van der Waals surface area contributed by atoms with Gasteiger partial charge in [0.1, 0.15) is 0 Å². The first-order valence-corrected chi connectivity index (χ1v) is 9.18. The lowest BCUT2D eigenvalue weighted by molar-refractivity contribution is -0.388. The van der Waals surface area contributed by atoms with Crippen LogP contribution in [0.3, 0.4) is 0 Å². The van der Waals surface area contributed by atoms with Gasteiger partial charge in [-0.25, -0.2) is 4.98 Å². The SMILES string of the molecule is COc1cc(SSc2ncccc2[N+](=O)[O-])c(CN)c(OC)c1OC. The quantitative estimate of drug-likeness (QED) is 0.417. The minimum Gasteiger partial charge on any atom is -0.493 e. The Morgan fingerprint density at radius 3 is 2.48 bits per heavy atom. The molecule has 0 aliphatic rings. The Morgan fingerprint density at radius 1 is 1.20 bits per heavy atom. The Labute approximate surface area is 152 Å². The molecule has 2 aromatic rings. The summed E-state index contributed by atoms with van der Waals surface area (Å²) in [5.41, 5.74) is 6.53. The molecule has 0 aliphatic heterocycles. The van der Waals surface area contributed by atoms with Crippen LogP contribution in [0.5, 0.6) is 17.2 Å². The topological polar surface area (TPSA) is 110 Å². The highest BCUT2D eigenvalue weighted by Crippen LogP contribution is 2.49. The molecule has 1 aromatic carbocycles. The Hall–Kier alpha value is -2.17. The average Bonchev–Trinajstić information content (AvgIpc) is 2.64. The Bertz CT molecular complexity index is 773. The van der Waals surface area contributed by atoms with Crippen molar-refractivity contribution >= 4 is 27.3 Å². The van der Waals surface area contributed by atoms with Crippen molar-refractivity contribution in [3.8, 4) is 17.2 Å². The maximum Gasteiger partial charge on any atom is 0.302 e. The fraction of sp³-hybridized carbons (Fsp3) is 0.267. The summed E-state index contributed by atoms with van der Waals surface area (Å²) in [7, 11) is 7.00. The van der Waals surface area contributed by atoms with E-state index in [9.17, 15) is 10.1 Å². The first-order chi connectivity index (χ1) is 12.1. The lowest BCUT2D eigenvalue weighted by Gasteiger charge is -2.18. The predicted molar refractivity (Wildman–Crippen MR) is 96.6 cm³/mol. The van der Waals surface area contributed by atoms with Crippen molar-refractivity contribution in [3.63, 3.8) is 0 Å². The van der Waals surface area contributed by atoms with Crippen molar-refractivity contribution in [3.05, 3.63) is 40.1 Å². The van der Waals surface area contributed by atoms with E-state index in [0.29, 0.717) is 22.3 Å². The van der Waals surface area contributed by atoms with E-state index in [1.807, 2.05) is 0 Å². The maximum absolute atomic E-state index is 11.1. The van der Waals surface area contributed by atoms with Gasteiger partial charge in [-0.3, -0.25) is 10.1 Å². The molecule has 1 aromatic heterocycles. The van der Waals surface area contributed by atoms with E-state index in [0.717, 1.165) is 10.5 Å². The fourth-order valence-electron chi connectivity index (χ4n) is 2.13. The average molecular weight is 383 g/mol. The number of nitrogens with two attached hydrogens (primary N) is 1. The highest BCUT2D eigenvalue weighted by molar-refractivity contribution is 8.76. The van der Waals surface area contributed by atoms with E-state index in [1.54, 1.807) is 6.07 Å². The largest absolute Gasteiger partial charge is 0.493 e. The van der Waals surface area contributed by atoms with Crippen molar-refractivity contribution < 1.29 is 19.1 Å². The molecule has 0 saturated carbocycles. The summed E-state index contributed by atoms with van der Waals surface area (Å²) in [6.45, 7) is 0.205. The van der Waals surface area contributed by atoms with Crippen LogP contribution in [-0.4, -0.2) is 31.2 Å². The van der Waals surface area contributed by atoms with Gasteiger partial charge in [-0.2, -0.15) is 0 Å². The molecule has 0 fully saturated rings. The molecule has 25 heavy (non-hydrogen) atoms. The van der Waals surface area contributed by atoms with Crippen LogP contribution in [-0.2, 0) is 6.54 Å². The molecule has 10 heteroatoms. The molecule has 8 nitrogen and oxygen atoms in total. The van der Waals surface area contributed by atoms with Gasteiger partial charge in [-0.05, 0) is 22.9 Å². The number of ether oxygens (including phenoxy) is 3. The zero-order valence-corrected chi connectivity index (χ0v) is 15.5. The number of hydrogen-bond acceptors (Lipinski definition) is 9. The monoisotopic (exact) mass is 383 g/mol. The molecular formula is C15H17N3O5S2. The molecule has 2 rings (SSSR count). The number of nitrogens with zero attached hydrogens (tertiary/aromatic N) is 2. The molecule has 0 radical (unpaired) electrons. The number of methoxy groups -OCH3 is 3. The van der Waals surface area contributed by atoms with Crippen molar-refractivity contribution in [1.29, 1.82) is 0 Å². The second kappa shape index (κ2) is 8.79. The van der Waals surface area contributed by atoms with Gasteiger partial charge in [0.2, 0.25) is 5.75 Å². The van der Waals surface area contributed by atoms with E-state index >= 15 is 0 Å². The van der Waals surface area contributed by atoms with E-state index in [4.69, 9.17) is 19.9 Å². The lowest BCUT2D eigenvalue weighted by Crippen LogP contribution is -2.05. The van der Waals surface area contributed by atoms with Gasteiger partial charge in [-0.1, -0.05) is 10.8 Å². The third-order valence-corrected chi connectivity index (χ3v) is 5.62. The molecule has 0 unspecified atom stereocenters. The van der Waals surface area contributed by atoms with E-state index in [-0.39, 0.29) is 12.2 Å². The molecule has 0 spiro atoms. The number of benzene rings is 1. The zero-order valence-electron chi connectivity index (χ0n) is 13.8. The van der Waals surface area contributed by atoms with Crippen molar-refractivity contribution in [1.82, 2.24) is 4.98 Å². The first kappa shape index (κ1) is 19.2. The van der Waals surface area contributed by atoms with E-state index in [2.05, 4.69) is 4.98 Å². The van der Waals surface area contributed by atoms with E-state index in [1.165, 1.54) is 61.2 Å². The van der Waals surface area contributed by atoms with Gasteiger partial charge in [0.05, 0.1) is 26.3 Å². The maximum atomic E-state index is 11.1. The van der Waals surface area contributed by atoms with Crippen LogP contribution in [0.2, 0.25) is 0 Å². The second-order valence-electron chi connectivity index (χ2n) is 4.58. The third-order valence-electron chi connectivity index (χ3n) is 3.25. The number of pyridine rings is 1. The molecule has 0 amide bonds. The lowest BCUT2D eigenvalue weighted by atomic mass is 10.1. The molecule has 0 aliphatic carbocycles. The Balaban J connectivity index is 2.41. The first-order valence-electron chi connectivity index (χ1n) is 7.03. The van der Waals surface area contributed by atoms with Gasteiger partial charge < -0.3 is 19.9 Å². The molecule has 0 atom stereocenters. The molecule has 0 saturated heterocycles. The smallest absolute Gasteiger partial charge is 0.302 e. The fourth-order valence-corrected chi connectivity index (χ4v) is 4.40. The van der Waals surface area contributed by atoms with Gasteiger partial charge in [0.15, 0.2) is 16.5 Å². The minimum absolute atomic E-state index is 0.0539. The normalized spacial score (nSPS) is 10.4. The molecule has 134 valence electrons. The van der Waals surface area contributed by atoms with Gasteiger partial charge in [0, 0.05) is 29.3 Å². The van der Waals surface area contributed by atoms with Gasteiger partial charge >= 0.3 is 5.69 Å². The Kier molecular flexibility index (Phi) is 6.73. The molecule has 0 bridgehead atoms. The molecule has 1 heterocycles. The number of nitro groups is 1. The third kappa shape index (κ3) is 4.09. The number of hydrogen-bond donors (Lipinski definition) is 1. The van der Waals surface area contributed by atoms with Crippen LogP contribution in [0.4, 0.5) is 5.69 Å². The summed E-state index contributed by atoms with van der Waals surface area (Å²) in [4.78, 5) is 15.5. The molecular weight excluding hydrogens is 366 g/mol. The van der Waals surface area contributed by atoms with E-state index < -0.39 is 4.92 Å². The zero-order chi connectivity index (χ0) is 18.4.